The van der Waals surface area contributed by atoms with Gasteiger partial charge in [-0.05, 0) is 16.7 Å². The van der Waals surface area contributed by atoms with Gasteiger partial charge in [-0.3, -0.25) is 4.79 Å². The van der Waals surface area contributed by atoms with Gasteiger partial charge in [0.15, 0.2) is 0 Å². The van der Waals surface area contributed by atoms with Gasteiger partial charge >= 0.3 is 0 Å². The Kier molecular flexibility index (Phi) is 3.06. The second kappa shape index (κ2) is 4.21. The van der Waals surface area contributed by atoms with E-state index in [1.807, 2.05) is 4.90 Å². The maximum atomic E-state index is 10.9. The number of halogens is 1. The highest BCUT2D eigenvalue weighted by atomic mass is 79.9. The predicted octanol–water partition coefficient (Wildman–Crippen LogP) is 2.83. The largest absolute Gasteiger partial charge is 0.340 e. The zero-order valence-electron chi connectivity index (χ0n) is 9.66. The second-order valence-electron chi connectivity index (χ2n) is 5.02. The fraction of sp³-hybridized carbons (Fsp3) is 0.462. The first-order valence-electron chi connectivity index (χ1n) is 5.44. The highest BCUT2D eigenvalue weighted by Crippen LogP contribution is 2.33. The average molecular weight is 282 g/mol. The van der Waals surface area contributed by atoms with Crippen LogP contribution in [0.1, 0.15) is 30.5 Å². The molecule has 0 aromatic heterocycles. The van der Waals surface area contributed by atoms with Gasteiger partial charge in [0.1, 0.15) is 0 Å². The molecule has 1 aromatic carbocycles. The van der Waals surface area contributed by atoms with E-state index in [2.05, 4.69) is 48.0 Å². The minimum Gasteiger partial charge on any atom is -0.340 e. The van der Waals surface area contributed by atoms with Crippen molar-refractivity contribution in [1.82, 2.24) is 4.90 Å². The van der Waals surface area contributed by atoms with Crippen molar-refractivity contribution in [3.63, 3.8) is 0 Å². The lowest BCUT2D eigenvalue weighted by Gasteiger charge is -2.38. The maximum absolute atomic E-state index is 10.9. The van der Waals surface area contributed by atoms with Crippen molar-refractivity contribution in [3.8, 4) is 0 Å². The van der Waals surface area contributed by atoms with Gasteiger partial charge in [0.2, 0.25) is 6.41 Å². The molecule has 0 spiro atoms. The summed E-state index contributed by atoms with van der Waals surface area (Å²) in [5, 5.41) is 0.883. The third-order valence-electron chi connectivity index (χ3n) is 3.18. The number of hydrogen-bond acceptors (Lipinski definition) is 1. The number of fused-ring (bicyclic) bond motifs is 1. The normalized spacial score (nSPS) is 18.1. The Morgan fingerprint density at radius 2 is 2.25 bits per heavy atom. The molecule has 2 nitrogen and oxygen atoms in total. The summed E-state index contributed by atoms with van der Waals surface area (Å²) in [5.74, 6) is 0. The first-order chi connectivity index (χ1) is 7.56. The van der Waals surface area contributed by atoms with Crippen molar-refractivity contribution < 1.29 is 4.79 Å². The number of amides is 1. The SMILES string of the molecule is CC1(C)CN(C=O)Cc2ccc(CBr)cc21. The molecule has 86 valence electrons. The Morgan fingerprint density at radius 3 is 2.88 bits per heavy atom. The summed E-state index contributed by atoms with van der Waals surface area (Å²) in [6, 6.07) is 6.52. The highest BCUT2D eigenvalue weighted by molar-refractivity contribution is 9.08. The fourth-order valence-corrected chi connectivity index (χ4v) is 2.77. The molecule has 1 aromatic rings. The van der Waals surface area contributed by atoms with Gasteiger partial charge in [0.05, 0.1) is 0 Å². The highest BCUT2D eigenvalue weighted by Gasteiger charge is 2.31. The quantitative estimate of drug-likeness (QED) is 0.603. The molecule has 3 heteroatoms. The molecule has 0 bridgehead atoms. The zero-order chi connectivity index (χ0) is 11.8. The standard InChI is InChI=1S/C13H16BrNO/c1-13(2)8-15(9-16)7-11-4-3-10(6-14)5-12(11)13/h3-5,9H,6-8H2,1-2H3. The molecule has 1 aliphatic heterocycles. The molecular formula is C13H16BrNO. The van der Waals surface area contributed by atoms with E-state index in [1.54, 1.807) is 0 Å². The van der Waals surface area contributed by atoms with Crippen LogP contribution in [0.25, 0.3) is 0 Å². The van der Waals surface area contributed by atoms with Crippen LogP contribution < -0.4 is 0 Å². The Hall–Kier alpha value is -0.830. The van der Waals surface area contributed by atoms with Gasteiger partial charge in [0, 0.05) is 23.8 Å². The lowest BCUT2D eigenvalue weighted by atomic mass is 9.78. The van der Waals surface area contributed by atoms with Crippen LogP contribution in [0.5, 0.6) is 0 Å². The fourth-order valence-electron chi connectivity index (χ4n) is 2.42. The maximum Gasteiger partial charge on any atom is 0.210 e. The minimum atomic E-state index is 0.0483. The van der Waals surface area contributed by atoms with Gasteiger partial charge < -0.3 is 4.90 Å². The Bertz CT molecular complexity index is 414. The van der Waals surface area contributed by atoms with Crippen LogP contribution >= 0.6 is 15.9 Å². The minimum absolute atomic E-state index is 0.0483. The van der Waals surface area contributed by atoms with Gasteiger partial charge in [-0.2, -0.15) is 0 Å². The third kappa shape index (κ3) is 2.01. The molecule has 0 radical (unpaired) electrons. The van der Waals surface area contributed by atoms with Crippen LogP contribution in [0.15, 0.2) is 18.2 Å². The van der Waals surface area contributed by atoms with E-state index >= 15 is 0 Å². The average Bonchev–Trinajstić information content (AvgIpc) is 2.27. The molecule has 1 heterocycles. The van der Waals surface area contributed by atoms with Crippen LogP contribution in [-0.2, 0) is 22.1 Å². The summed E-state index contributed by atoms with van der Waals surface area (Å²) < 4.78 is 0. The van der Waals surface area contributed by atoms with E-state index < -0.39 is 0 Å². The monoisotopic (exact) mass is 281 g/mol. The van der Waals surface area contributed by atoms with Crippen LogP contribution in [0.3, 0.4) is 0 Å². The topological polar surface area (TPSA) is 20.3 Å². The van der Waals surface area contributed by atoms with E-state index in [-0.39, 0.29) is 5.41 Å². The molecule has 0 aliphatic carbocycles. The van der Waals surface area contributed by atoms with E-state index in [9.17, 15) is 4.79 Å². The summed E-state index contributed by atoms with van der Waals surface area (Å²) in [6.45, 7) is 5.93. The molecule has 1 aliphatic rings. The summed E-state index contributed by atoms with van der Waals surface area (Å²) in [5.41, 5.74) is 3.99. The van der Waals surface area contributed by atoms with E-state index in [0.717, 1.165) is 24.8 Å². The van der Waals surface area contributed by atoms with Crippen LogP contribution in [0, 0.1) is 0 Å². The van der Waals surface area contributed by atoms with Gasteiger partial charge in [0.25, 0.3) is 0 Å². The van der Waals surface area contributed by atoms with Gasteiger partial charge in [-0.25, -0.2) is 0 Å². The van der Waals surface area contributed by atoms with E-state index in [0.29, 0.717) is 0 Å². The molecule has 2 rings (SSSR count). The summed E-state index contributed by atoms with van der Waals surface area (Å²) in [6.07, 6.45) is 0.948. The molecular weight excluding hydrogens is 266 g/mol. The molecule has 0 saturated heterocycles. The zero-order valence-corrected chi connectivity index (χ0v) is 11.3. The van der Waals surface area contributed by atoms with Crippen molar-refractivity contribution >= 4 is 22.3 Å². The van der Waals surface area contributed by atoms with Crippen molar-refractivity contribution in [1.29, 1.82) is 0 Å². The molecule has 0 fully saturated rings. The summed E-state index contributed by atoms with van der Waals surface area (Å²) in [7, 11) is 0. The number of rotatable bonds is 2. The Balaban J connectivity index is 2.46. The number of benzene rings is 1. The van der Waals surface area contributed by atoms with Crippen LogP contribution in [0.4, 0.5) is 0 Å². The van der Waals surface area contributed by atoms with E-state index in [1.165, 1.54) is 16.7 Å². The number of hydrogen-bond donors (Lipinski definition) is 0. The number of carbonyl (C=O) groups excluding carboxylic acids is 1. The molecule has 1 amide bonds. The second-order valence-corrected chi connectivity index (χ2v) is 5.58. The Labute approximate surface area is 105 Å². The smallest absolute Gasteiger partial charge is 0.210 e. The Morgan fingerprint density at radius 1 is 1.50 bits per heavy atom. The molecule has 0 saturated carbocycles. The lowest BCUT2D eigenvalue weighted by molar-refractivity contribution is -0.119. The van der Waals surface area contributed by atoms with Crippen molar-refractivity contribution in [2.45, 2.75) is 31.1 Å². The van der Waals surface area contributed by atoms with E-state index in [4.69, 9.17) is 0 Å². The van der Waals surface area contributed by atoms with Gasteiger partial charge in [-0.1, -0.05) is 48.0 Å². The summed E-state index contributed by atoms with van der Waals surface area (Å²) in [4.78, 5) is 12.7. The third-order valence-corrected chi connectivity index (χ3v) is 3.83. The van der Waals surface area contributed by atoms with Crippen LogP contribution in [-0.4, -0.2) is 17.9 Å². The van der Waals surface area contributed by atoms with Crippen molar-refractivity contribution in [3.05, 3.63) is 34.9 Å². The molecule has 0 atom stereocenters. The number of carbonyl (C=O) groups is 1. The van der Waals surface area contributed by atoms with Crippen molar-refractivity contribution in [2.75, 3.05) is 6.54 Å². The first-order valence-corrected chi connectivity index (χ1v) is 6.56. The first kappa shape index (κ1) is 11.6. The molecule has 0 unspecified atom stereocenters. The van der Waals surface area contributed by atoms with Crippen LogP contribution in [0.2, 0.25) is 0 Å². The predicted molar refractivity (Wildman–Crippen MR) is 68.6 cm³/mol. The van der Waals surface area contributed by atoms with Gasteiger partial charge in [-0.15, -0.1) is 0 Å². The number of nitrogens with zero attached hydrogens (tertiary/aromatic N) is 1. The molecule has 16 heavy (non-hydrogen) atoms. The lowest BCUT2D eigenvalue weighted by Crippen LogP contribution is -2.41. The number of alkyl halides is 1. The molecule has 0 N–H and O–H groups in total. The summed E-state index contributed by atoms with van der Waals surface area (Å²) >= 11 is 3.48. The van der Waals surface area contributed by atoms with Crippen molar-refractivity contribution in [2.24, 2.45) is 0 Å².